The van der Waals surface area contributed by atoms with Crippen molar-refractivity contribution in [1.29, 1.82) is 0 Å². The van der Waals surface area contributed by atoms with E-state index in [0.717, 1.165) is 39.0 Å². The average molecular weight is 403 g/mol. The molecule has 4 heterocycles. The van der Waals surface area contributed by atoms with Gasteiger partial charge in [0.05, 0.1) is 11.4 Å². The standard InChI is InChI=1S/C26H21N5/c1-31(2)21-11-7-18(8-12-21)17-22(23-13-9-19-5-3-15-27-25(19)29-23)24-14-10-20-6-4-16-28-26(20)30-24/h3-17H,1-2H3. The highest BCUT2D eigenvalue weighted by Crippen LogP contribution is 2.27. The van der Waals surface area contributed by atoms with Gasteiger partial charge in [-0.15, -0.1) is 0 Å². The summed E-state index contributed by atoms with van der Waals surface area (Å²) in [6.07, 6.45) is 5.65. The predicted molar refractivity (Wildman–Crippen MR) is 127 cm³/mol. The molecule has 4 aromatic heterocycles. The Morgan fingerprint density at radius 1 is 0.677 bits per heavy atom. The molecule has 0 N–H and O–H groups in total. The van der Waals surface area contributed by atoms with Crippen molar-refractivity contribution in [3.05, 3.63) is 102 Å². The van der Waals surface area contributed by atoms with Gasteiger partial charge in [0.25, 0.3) is 0 Å². The van der Waals surface area contributed by atoms with Gasteiger partial charge in [0.2, 0.25) is 0 Å². The molecule has 0 saturated heterocycles. The number of benzene rings is 1. The van der Waals surface area contributed by atoms with Gasteiger partial charge in [0, 0.05) is 48.5 Å². The van der Waals surface area contributed by atoms with Crippen LogP contribution in [0.4, 0.5) is 5.69 Å². The van der Waals surface area contributed by atoms with Crippen molar-refractivity contribution in [1.82, 2.24) is 19.9 Å². The van der Waals surface area contributed by atoms with Crippen molar-refractivity contribution in [2.45, 2.75) is 0 Å². The van der Waals surface area contributed by atoms with Crippen LogP contribution in [0.5, 0.6) is 0 Å². The summed E-state index contributed by atoms with van der Waals surface area (Å²) in [6, 6.07) is 24.4. The van der Waals surface area contributed by atoms with Gasteiger partial charge in [-0.1, -0.05) is 12.1 Å². The van der Waals surface area contributed by atoms with Crippen LogP contribution in [0.25, 0.3) is 33.7 Å². The van der Waals surface area contributed by atoms with Crippen LogP contribution in [0.2, 0.25) is 0 Å². The molecule has 0 aliphatic heterocycles. The first kappa shape index (κ1) is 18.9. The Morgan fingerprint density at radius 3 is 1.74 bits per heavy atom. The minimum absolute atomic E-state index is 0.716. The van der Waals surface area contributed by atoms with Crippen molar-refractivity contribution in [2.75, 3.05) is 19.0 Å². The number of fused-ring (bicyclic) bond motifs is 2. The first-order chi connectivity index (χ1) is 15.2. The van der Waals surface area contributed by atoms with Crippen LogP contribution in [-0.2, 0) is 0 Å². The first-order valence-electron chi connectivity index (χ1n) is 10.1. The van der Waals surface area contributed by atoms with Crippen LogP contribution in [-0.4, -0.2) is 34.0 Å². The molecular weight excluding hydrogens is 382 g/mol. The molecule has 0 fully saturated rings. The highest BCUT2D eigenvalue weighted by Gasteiger charge is 2.11. The largest absolute Gasteiger partial charge is 0.378 e. The molecule has 31 heavy (non-hydrogen) atoms. The minimum Gasteiger partial charge on any atom is -0.378 e. The number of rotatable bonds is 4. The lowest BCUT2D eigenvalue weighted by Crippen LogP contribution is -2.07. The second-order valence-electron chi connectivity index (χ2n) is 7.54. The number of hydrogen-bond acceptors (Lipinski definition) is 5. The maximum atomic E-state index is 4.83. The van der Waals surface area contributed by atoms with Gasteiger partial charge in [-0.3, -0.25) is 0 Å². The van der Waals surface area contributed by atoms with Crippen molar-refractivity contribution in [3.63, 3.8) is 0 Å². The van der Waals surface area contributed by atoms with E-state index in [0.29, 0.717) is 11.3 Å². The molecule has 150 valence electrons. The summed E-state index contributed by atoms with van der Waals surface area (Å²) >= 11 is 0. The zero-order valence-corrected chi connectivity index (χ0v) is 17.4. The van der Waals surface area contributed by atoms with E-state index in [2.05, 4.69) is 45.2 Å². The molecule has 5 aromatic rings. The molecule has 0 aliphatic rings. The smallest absolute Gasteiger partial charge is 0.159 e. The second kappa shape index (κ2) is 7.95. The van der Waals surface area contributed by atoms with E-state index in [1.165, 1.54) is 0 Å². The maximum Gasteiger partial charge on any atom is 0.159 e. The lowest BCUT2D eigenvalue weighted by atomic mass is 10.0. The van der Waals surface area contributed by atoms with E-state index in [1.54, 1.807) is 12.4 Å². The van der Waals surface area contributed by atoms with Gasteiger partial charge < -0.3 is 4.90 Å². The maximum absolute atomic E-state index is 4.83. The lowest BCUT2D eigenvalue weighted by Gasteiger charge is -2.13. The topological polar surface area (TPSA) is 54.8 Å². The summed E-state index contributed by atoms with van der Waals surface area (Å²) in [5.41, 5.74) is 6.24. The Morgan fingerprint density at radius 2 is 1.23 bits per heavy atom. The van der Waals surface area contributed by atoms with Gasteiger partial charge in [0.15, 0.2) is 11.3 Å². The molecule has 0 atom stereocenters. The second-order valence-corrected chi connectivity index (χ2v) is 7.54. The molecule has 0 saturated carbocycles. The van der Waals surface area contributed by atoms with Crippen molar-refractivity contribution in [3.8, 4) is 0 Å². The highest BCUT2D eigenvalue weighted by atomic mass is 15.1. The zero-order chi connectivity index (χ0) is 21.2. The van der Waals surface area contributed by atoms with Crippen LogP contribution in [0.1, 0.15) is 17.0 Å². The third kappa shape index (κ3) is 3.85. The normalized spacial score (nSPS) is 10.9. The third-order valence-electron chi connectivity index (χ3n) is 5.20. The Balaban J connectivity index is 1.68. The van der Waals surface area contributed by atoms with Gasteiger partial charge in [-0.05, 0) is 72.3 Å². The predicted octanol–water partition coefficient (Wildman–Crippen LogP) is 5.23. The number of aromatic nitrogens is 4. The molecule has 0 radical (unpaired) electrons. The molecular formula is C26H21N5. The van der Waals surface area contributed by atoms with E-state index in [1.807, 2.05) is 62.6 Å². The third-order valence-corrected chi connectivity index (χ3v) is 5.20. The monoisotopic (exact) mass is 403 g/mol. The summed E-state index contributed by atoms with van der Waals surface area (Å²) < 4.78 is 0. The van der Waals surface area contributed by atoms with Crippen LogP contribution in [0.15, 0.2) is 85.2 Å². The molecule has 5 rings (SSSR count). The Kier molecular flexibility index (Phi) is 4.84. The Labute approximate surface area is 180 Å². The Bertz CT molecular complexity index is 1320. The van der Waals surface area contributed by atoms with Crippen LogP contribution in [0.3, 0.4) is 0 Å². The Hall–Kier alpha value is -4.12. The zero-order valence-electron chi connectivity index (χ0n) is 17.4. The number of hydrogen-bond donors (Lipinski definition) is 0. The molecule has 0 unspecified atom stereocenters. The summed E-state index contributed by atoms with van der Waals surface area (Å²) in [5.74, 6) is 0. The highest BCUT2D eigenvalue weighted by molar-refractivity contribution is 5.92. The SMILES string of the molecule is CN(C)c1ccc(C=C(c2ccc3cccnc3n2)c2ccc3cccnc3n2)cc1. The van der Waals surface area contributed by atoms with Crippen molar-refractivity contribution < 1.29 is 0 Å². The number of anilines is 1. The fourth-order valence-corrected chi connectivity index (χ4v) is 3.52. The summed E-state index contributed by atoms with van der Waals surface area (Å²) in [5, 5.41) is 2.02. The molecule has 1 aromatic carbocycles. The fraction of sp³-hybridized carbons (Fsp3) is 0.0769. The van der Waals surface area contributed by atoms with E-state index < -0.39 is 0 Å². The van der Waals surface area contributed by atoms with E-state index in [9.17, 15) is 0 Å². The molecule has 5 nitrogen and oxygen atoms in total. The van der Waals surface area contributed by atoms with Crippen molar-refractivity contribution >= 4 is 39.4 Å². The lowest BCUT2D eigenvalue weighted by molar-refractivity contribution is 1.13. The van der Waals surface area contributed by atoms with Gasteiger partial charge >= 0.3 is 0 Å². The van der Waals surface area contributed by atoms with E-state index in [-0.39, 0.29) is 0 Å². The average Bonchev–Trinajstić information content (AvgIpc) is 2.82. The van der Waals surface area contributed by atoms with Gasteiger partial charge in [0.1, 0.15) is 0 Å². The quantitative estimate of drug-likeness (QED) is 0.411. The summed E-state index contributed by atoms with van der Waals surface area (Å²) in [4.78, 5) is 20.6. The molecule has 0 spiro atoms. The number of nitrogens with zero attached hydrogens (tertiary/aromatic N) is 5. The van der Waals surface area contributed by atoms with E-state index >= 15 is 0 Å². The summed E-state index contributed by atoms with van der Waals surface area (Å²) in [6.45, 7) is 0. The summed E-state index contributed by atoms with van der Waals surface area (Å²) in [7, 11) is 4.07. The van der Waals surface area contributed by atoms with Crippen molar-refractivity contribution in [2.24, 2.45) is 0 Å². The number of pyridine rings is 4. The molecule has 5 heteroatoms. The van der Waals surface area contributed by atoms with Gasteiger partial charge in [-0.2, -0.15) is 0 Å². The van der Waals surface area contributed by atoms with Crippen LogP contribution in [0, 0.1) is 0 Å². The minimum atomic E-state index is 0.716. The first-order valence-corrected chi connectivity index (χ1v) is 10.1. The van der Waals surface area contributed by atoms with Crippen LogP contribution >= 0.6 is 0 Å². The van der Waals surface area contributed by atoms with Gasteiger partial charge in [-0.25, -0.2) is 19.9 Å². The fourth-order valence-electron chi connectivity index (χ4n) is 3.52. The van der Waals surface area contributed by atoms with E-state index in [4.69, 9.17) is 9.97 Å². The molecule has 0 amide bonds. The van der Waals surface area contributed by atoms with Crippen LogP contribution < -0.4 is 4.90 Å². The molecule has 0 bridgehead atoms. The molecule has 0 aliphatic carbocycles.